The van der Waals surface area contributed by atoms with Crippen LogP contribution in [-0.4, -0.2) is 36.0 Å². The molecule has 2 unspecified atom stereocenters. The largest absolute Gasteiger partial charge is 0.466 e. The van der Waals surface area contributed by atoms with Crippen LogP contribution in [0.25, 0.3) is 0 Å². The Morgan fingerprint density at radius 3 is 2.29 bits per heavy atom. The van der Waals surface area contributed by atoms with Crippen molar-refractivity contribution >= 4 is 35.3 Å². The first kappa shape index (κ1) is 21.4. The van der Waals surface area contributed by atoms with Gasteiger partial charge in [0.15, 0.2) is 0 Å². The fourth-order valence-corrected chi connectivity index (χ4v) is 2.86. The Morgan fingerprint density at radius 2 is 1.68 bits per heavy atom. The molecule has 6 nitrogen and oxygen atoms in total. The van der Waals surface area contributed by atoms with E-state index in [2.05, 4.69) is 5.32 Å². The lowest BCUT2D eigenvalue weighted by Crippen LogP contribution is -2.26. The van der Waals surface area contributed by atoms with E-state index in [1.807, 2.05) is 0 Å². The predicted molar refractivity (Wildman–Crippen MR) is 104 cm³/mol. The summed E-state index contributed by atoms with van der Waals surface area (Å²) in [5, 5.41) is 1.92. The maximum Gasteiger partial charge on any atom is 0.351 e. The summed E-state index contributed by atoms with van der Waals surface area (Å²) in [7, 11) is 1.21. The molecule has 148 valence electrons. The van der Waals surface area contributed by atoms with Crippen molar-refractivity contribution in [3.8, 4) is 0 Å². The molecule has 0 heterocycles. The Morgan fingerprint density at radius 1 is 1.04 bits per heavy atom. The number of amides is 1. The van der Waals surface area contributed by atoms with Crippen molar-refractivity contribution in [2.75, 3.05) is 18.2 Å². The molecule has 8 heteroatoms. The summed E-state index contributed by atoms with van der Waals surface area (Å²) in [6.45, 7) is 1.58. The van der Waals surface area contributed by atoms with E-state index in [9.17, 15) is 18.8 Å². The average molecular weight is 405 g/mol. The molecule has 0 fully saturated rings. The molecule has 0 aliphatic heterocycles. The van der Waals surface area contributed by atoms with Crippen LogP contribution in [0.1, 0.15) is 18.6 Å². The molecular formula is C20H20FNO5S. The van der Waals surface area contributed by atoms with Crippen LogP contribution >= 0.6 is 11.8 Å². The SMILES string of the molecule is COC(=O)C(OC(=O)C(C)SCC(=O)Nc1ccc(F)cc1)c1ccccc1. The first-order chi connectivity index (χ1) is 13.4. The summed E-state index contributed by atoms with van der Waals surface area (Å²) in [5.41, 5.74) is 0.950. The molecule has 0 bridgehead atoms. The van der Waals surface area contributed by atoms with E-state index >= 15 is 0 Å². The minimum atomic E-state index is -1.17. The molecule has 2 atom stereocenters. The van der Waals surface area contributed by atoms with Crippen molar-refractivity contribution < 1.29 is 28.2 Å². The fraction of sp³-hybridized carbons (Fsp3) is 0.250. The zero-order valence-electron chi connectivity index (χ0n) is 15.4. The second-order valence-corrected chi connectivity index (χ2v) is 7.09. The molecule has 0 saturated carbocycles. The number of benzene rings is 2. The smallest absolute Gasteiger partial charge is 0.351 e. The van der Waals surface area contributed by atoms with Crippen LogP contribution in [0.15, 0.2) is 54.6 Å². The molecule has 2 rings (SSSR count). The predicted octanol–water partition coefficient (Wildman–Crippen LogP) is 3.34. The number of halogens is 1. The zero-order valence-corrected chi connectivity index (χ0v) is 16.2. The number of hydrogen-bond acceptors (Lipinski definition) is 6. The van der Waals surface area contributed by atoms with Gasteiger partial charge in [-0.2, -0.15) is 0 Å². The topological polar surface area (TPSA) is 81.7 Å². The summed E-state index contributed by atoms with van der Waals surface area (Å²) < 4.78 is 22.9. The van der Waals surface area contributed by atoms with Gasteiger partial charge in [-0.05, 0) is 31.2 Å². The van der Waals surface area contributed by atoms with Gasteiger partial charge >= 0.3 is 11.9 Å². The first-order valence-electron chi connectivity index (χ1n) is 8.41. The number of anilines is 1. The molecule has 0 radical (unpaired) electrons. The Labute approximate surface area is 166 Å². The van der Waals surface area contributed by atoms with Gasteiger partial charge in [-0.25, -0.2) is 9.18 Å². The third-order valence-electron chi connectivity index (χ3n) is 3.68. The lowest BCUT2D eigenvalue weighted by atomic mass is 10.1. The van der Waals surface area contributed by atoms with E-state index in [4.69, 9.17) is 9.47 Å². The molecule has 1 N–H and O–H groups in total. The van der Waals surface area contributed by atoms with Gasteiger partial charge in [-0.15, -0.1) is 11.8 Å². The fourth-order valence-electron chi connectivity index (χ4n) is 2.20. The van der Waals surface area contributed by atoms with Crippen LogP contribution in [-0.2, 0) is 23.9 Å². The summed E-state index contributed by atoms with van der Waals surface area (Å²) in [4.78, 5) is 36.3. The van der Waals surface area contributed by atoms with Gasteiger partial charge < -0.3 is 14.8 Å². The molecule has 0 aliphatic rings. The van der Waals surface area contributed by atoms with Gasteiger partial charge in [0.05, 0.1) is 12.9 Å². The lowest BCUT2D eigenvalue weighted by Gasteiger charge is -2.18. The number of thioether (sulfide) groups is 1. The van der Waals surface area contributed by atoms with E-state index in [1.54, 1.807) is 37.3 Å². The van der Waals surface area contributed by atoms with Crippen molar-refractivity contribution in [1.29, 1.82) is 0 Å². The van der Waals surface area contributed by atoms with Crippen molar-refractivity contribution in [3.63, 3.8) is 0 Å². The Hall–Kier alpha value is -2.87. The quantitative estimate of drug-likeness (QED) is 0.679. The summed E-state index contributed by atoms with van der Waals surface area (Å²) in [6.07, 6.45) is -1.17. The van der Waals surface area contributed by atoms with E-state index < -0.39 is 29.1 Å². The highest BCUT2D eigenvalue weighted by Crippen LogP contribution is 2.22. The first-order valence-corrected chi connectivity index (χ1v) is 9.46. The molecule has 2 aromatic carbocycles. The molecule has 0 aromatic heterocycles. The van der Waals surface area contributed by atoms with Crippen molar-refractivity contribution in [2.24, 2.45) is 0 Å². The van der Waals surface area contributed by atoms with Gasteiger partial charge in [0.1, 0.15) is 11.1 Å². The number of hydrogen-bond donors (Lipinski definition) is 1. The lowest BCUT2D eigenvalue weighted by molar-refractivity contribution is -0.166. The molecule has 28 heavy (non-hydrogen) atoms. The maximum absolute atomic E-state index is 12.9. The number of carbonyl (C=O) groups is 3. The van der Waals surface area contributed by atoms with Crippen molar-refractivity contribution in [3.05, 3.63) is 66.0 Å². The highest BCUT2D eigenvalue weighted by Gasteiger charge is 2.28. The maximum atomic E-state index is 12.9. The summed E-state index contributed by atoms with van der Waals surface area (Å²) in [6, 6.07) is 13.9. The van der Waals surface area contributed by atoms with E-state index in [0.29, 0.717) is 11.3 Å². The van der Waals surface area contributed by atoms with Crippen LogP contribution in [0, 0.1) is 5.82 Å². The van der Waals surface area contributed by atoms with E-state index in [0.717, 1.165) is 11.8 Å². The molecule has 2 aromatic rings. The standard InChI is InChI=1S/C20H20FNO5S/c1-13(28-12-17(23)22-16-10-8-15(21)9-11-16)19(24)27-18(20(25)26-2)14-6-4-3-5-7-14/h3-11,13,18H,12H2,1-2H3,(H,22,23). The molecular weight excluding hydrogens is 385 g/mol. The number of esters is 2. The third-order valence-corrected chi connectivity index (χ3v) is 4.80. The minimum absolute atomic E-state index is 0.0120. The van der Waals surface area contributed by atoms with Crippen LogP contribution in [0.2, 0.25) is 0 Å². The zero-order chi connectivity index (χ0) is 20.5. The van der Waals surface area contributed by atoms with Crippen molar-refractivity contribution in [2.45, 2.75) is 18.3 Å². The van der Waals surface area contributed by atoms with Crippen LogP contribution < -0.4 is 5.32 Å². The number of nitrogens with one attached hydrogen (secondary N) is 1. The monoisotopic (exact) mass is 405 g/mol. The highest BCUT2D eigenvalue weighted by molar-refractivity contribution is 8.01. The summed E-state index contributed by atoms with van der Waals surface area (Å²) in [5.74, 6) is -2.09. The van der Waals surface area contributed by atoms with E-state index in [1.165, 1.54) is 31.4 Å². The average Bonchev–Trinajstić information content (AvgIpc) is 2.71. The van der Waals surface area contributed by atoms with Gasteiger partial charge in [0.2, 0.25) is 12.0 Å². The molecule has 0 saturated heterocycles. The normalized spacial score (nSPS) is 12.5. The number of methoxy groups -OCH3 is 1. The number of rotatable bonds is 8. The third kappa shape index (κ3) is 6.38. The van der Waals surface area contributed by atoms with Crippen LogP contribution in [0.5, 0.6) is 0 Å². The van der Waals surface area contributed by atoms with Gasteiger partial charge in [-0.3, -0.25) is 9.59 Å². The Bertz CT molecular complexity index is 813. The van der Waals surface area contributed by atoms with Gasteiger partial charge in [0, 0.05) is 11.3 Å². The number of carbonyl (C=O) groups excluding carboxylic acids is 3. The molecule has 0 spiro atoms. The number of ether oxygens (including phenoxy) is 2. The second kappa shape index (κ2) is 10.5. The van der Waals surface area contributed by atoms with Crippen LogP contribution in [0.3, 0.4) is 0 Å². The Kier molecular flexibility index (Phi) is 8.01. The van der Waals surface area contributed by atoms with Crippen LogP contribution in [0.4, 0.5) is 10.1 Å². The molecule has 1 amide bonds. The van der Waals surface area contributed by atoms with Gasteiger partial charge in [0.25, 0.3) is 0 Å². The van der Waals surface area contributed by atoms with E-state index in [-0.39, 0.29) is 11.7 Å². The highest BCUT2D eigenvalue weighted by atomic mass is 32.2. The second-order valence-electron chi connectivity index (χ2n) is 5.76. The van der Waals surface area contributed by atoms with Gasteiger partial charge in [-0.1, -0.05) is 30.3 Å². The summed E-state index contributed by atoms with van der Waals surface area (Å²) >= 11 is 1.06. The Balaban J connectivity index is 1.89. The molecule has 0 aliphatic carbocycles. The van der Waals surface area contributed by atoms with Crippen molar-refractivity contribution in [1.82, 2.24) is 0 Å². The minimum Gasteiger partial charge on any atom is -0.466 e.